The van der Waals surface area contributed by atoms with E-state index in [9.17, 15) is 15.0 Å². The van der Waals surface area contributed by atoms with E-state index >= 15 is 0 Å². The predicted molar refractivity (Wildman–Crippen MR) is 167 cm³/mol. The Kier molecular flexibility index (Phi) is 10.1. The normalized spacial score (nSPS) is 36.5. The van der Waals surface area contributed by atoms with E-state index in [1.165, 1.54) is 6.92 Å². The van der Waals surface area contributed by atoms with E-state index in [-0.39, 0.29) is 41.0 Å². The highest BCUT2D eigenvalue weighted by Gasteiger charge is 2.45. The molecule has 0 aromatic heterocycles. The number of carbonyl (C=O) groups excluding carboxylic acids is 1. The summed E-state index contributed by atoms with van der Waals surface area (Å²) in [5.74, 6) is 8.39. The van der Waals surface area contributed by atoms with Crippen LogP contribution < -0.4 is 21.1 Å². The molecule has 0 spiro atoms. The second kappa shape index (κ2) is 13.8. The Bertz CT molecular complexity index is 1230. The minimum absolute atomic E-state index is 0.0375. The number of guanidine groups is 1. The second-order valence-corrected chi connectivity index (χ2v) is 13.4. The van der Waals surface area contributed by atoms with Gasteiger partial charge in [0, 0.05) is 44.8 Å². The van der Waals surface area contributed by atoms with Gasteiger partial charge < -0.3 is 36.1 Å². The van der Waals surface area contributed by atoms with Crippen LogP contribution in [0.15, 0.2) is 23.2 Å². The summed E-state index contributed by atoms with van der Waals surface area (Å²) in [6.45, 7) is 5.16. The maximum absolute atomic E-state index is 12.5. The summed E-state index contributed by atoms with van der Waals surface area (Å²) in [5, 5.41) is 29.3. The molecule has 9 nitrogen and oxygen atoms in total. The summed E-state index contributed by atoms with van der Waals surface area (Å²) in [5.41, 5.74) is 6.71. The molecular formula is C34H50N4O5. The van der Waals surface area contributed by atoms with Gasteiger partial charge in [-0.2, -0.15) is 0 Å². The lowest BCUT2D eigenvalue weighted by Crippen LogP contribution is -2.49. The van der Waals surface area contributed by atoms with Crippen LogP contribution in [0, 0.1) is 40.9 Å². The fourth-order valence-electron chi connectivity index (χ4n) is 7.86. The highest BCUT2D eigenvalue weighted by Crippen LogP contribution is 2.46. The number of fused-ring (bicyclic) bond motifs is 7. The molecule has 6 N–H and O–H groups in total. The second-order valence-electron chi connectivity index (χ2n) is 13.4. The van der Waals surface area contributed by atoms with Crippen molar-refractivity contribution in [3.63, 3.8) is 0 Å². The van der Waals surface area contributed by atoms with Crippen LogP contribution in [0.1, 0.15) is 77.2 Å². The highest BCUT2D eigenvalue weighted by atomic mass is 16.5. The molecule has 1 saturated heterocycles. The summed E-state index contributed by atoms with van der Waals surface area (Å²) >= 11 is 0. The van der Waals surface area contributed by atoms with Crippen LogP contribution in [0.4, 0.5) is 0 Å². The number of phenolic OH excluding ortho intramolecular Hbond substituents is 1. The van der Waals surface area contributed by atoms with Gasteiger partial charge in [0.05, 0.1) is 11.5 Å². The lowest BCUT2D eigenvalue weighted by atomic mass is 9.61. The van der Waals surface area contributed by atoms with Gasteiger partial charge in [0.2, 0.25) is 0 Å². The summed E-state index contributed by atoms with van der Waals surface area (Å²) < 4.78 is 12.4. The van der Waals surface area contributed by atoms with Crippen molar-refractivity contribution < 1.29 is 24.5 Å². The number of carbonyl (C=O) groups is 1. The third-order valence-electron chi connectivity index (χ3n) is 10.5. The molecule has 1 aromatic rings. The molecule has 5 rings (SSSR count). The third kappa shape index (κ3) is 7.58. The van der Waals surface area contributed by atoms with E-state index in [0.29, 0.717) is 43.1 Å². The van der Waals surface area contributed by atoms with Crippen LogP contribution in [-0.4, -0.2) is 66.6 Å². The van der Waals surface area contributed by atoms with Crippen molar-refractivity contribution in [1.29, 1.82) is 0 Å². The van der Waals surface area contributed by atoms with Crippen molar-refractivity contribution in [2.24, 2.45) is 39.8 Å². The third-order valence-corrected chi connectivity index (χ3v) is 10.5. The number of esters is 1. The van der Waals surface area contributed by atoms with Gasteiger partial charge in [-0.05, 0) is 87.4 Å². The Hall–Kier alpha value is -2.96. The maximum atomic E-state index is 12.5. The van der Waals surface area contributed by atoms with Gasteiger partial charge in [0.25, 0.3) is 0 Å². The first kappa shape index (κ1) is 31.5. The van der Waals surface area contributed by atoms with Gasteiger partial charge in [-0.3, -0.25) is 9.79 Å². The Morgan fingerprint density at radius 3 is 2.88 bits per heavy atom. The largest absolute Gasteiger partial charge is 0.504 e. The highest BCUT2D eigenvalue weighted by molar-refractivity contribution is 5.77. The van der Waals surface area contributed by atoms with Crippen LogP contribution in [0.25, 0.3) is 0 Å². The topological polar surface area (TPSA) is 138 Å². The molecule has 2 heterocycles. The minimum atomic E-state index is -0.624. The molecule has 9 atom stereocenters. The van der Waals surface area contributed by atoms with Crippen LogP contribution in [0.5, 0.6) is 11.5 Å². The van der Waals surface area contributed by atoms with Gasteiger partial charge in [-0.1, -0.05) is 31.3 Å². The molecule has 2 aliphatic heterocycles. The number of nitrogens with one attached hydrogen (secondary N) is 2. The average Bonchev–Trinajstić information content (AvgIpc) is 2.98. The molecule has 1 aromatic carbocycles. The smallest absolute Gasteiger partial charge is 0.302 e. The van der Waals surface area contributed by atoms with Gasteiger partial charge in [-0.25, -0.2) is 0 Å². The van der Waals surface area contributed by atoms with E-state index in [2.05, 4.69) is 34.4 Å². The number of phenols is 1. The molecule has 0 radical (unpaired) electrons. The number of aliphatic hydroxyl groups is 1. The van der Waals surface area contributed by atoms with Crippen molar-refractivity contribution in [2.75, 3.05) is 20.1 Å². The van der Waals surface area contributed by atoms with Crippen LogP contribution in [0.2, 0.25) is 0 Å². The van der Waals surface area contributed by atoms with E-state index in [1.54, 1.807) is 13.1 Å². The van der Waals surface area contributed by atoms with E-state index in [0.717, 1.165) is 63.5 Å². The summed E-state index contributed by atoms with van der Waals surface area (Å²) in [6.07, 6.45) is 7.11. The lowest BCUT2D eigenvalue weighted by Gasteiger charge is -2.45. The number of aliphatic hydroxyl groups excluding tert-OH is 1. The fourth-order valence-corrected chi connectivity index (χ4v) is 7.86. The van der Waals surface area contributed by atoms with Gasteiger partial charge in [-0.15, -0.1) is 0 Å². The first-order chi connectivity index (χ1) is 20.7. The molecule has 43 heavy (non-hydrogen) atoms. The number of nitrogens with zero attached hydrogens (tertiary/aromatic N) is 1. The molecule has 0 unspecified atom stereocenters. The van der Waals surface area contributed by atoms with Crippen molar-refractivity contribution in [2.45, 2.75) is 102 Å². The van der Waals surface area contributed by atoms with E-state index in [1.807, 2.05) is 12.1 Å². The predicted octanol–water partition coefficient (Wildman–Crippen LogP) is 3.51. The number of aromatic hydroxyl groups is 1. The molecule has 9 heteroatoms. The zero-order valence-corrected chi connectivity index (χ0v) is 26.0. The number of aliphatic imine (C=N–C) groups is 1. The number of hydrogen-bond donors (Lipinski definition) is 5. The zero-order valence-electron chi connectivity index (χ0n) is 26.0. The number of ether oxygens (including phenoxy) is 2. The Labute approximate surface area is 256 Å². The molecule has 1 saturated carbocycles. The van der Waals surface area contributed by atoms with Gasteiger partial charge in [0.1, 0.15) is 12.2 Å². The molecule has 4 aliphatic rings. The average molecular weight is 595 g/mol. The lowest BCUT2D eigenvalue weighted by molar-refractivity contribution is -0.153. The summed E-state index contributed by atoms with van der Waals surface area (Å²) in [7, 11) is 1.67. The van der Waals surface area contributed by atoms with Crippen LogP contribution in [-0.2, 0) is 16.0 Å². The number of benzene rings is 1. The molecule has 236 valence electrons. The number of rotatable bonds is 3. The SMILES string of the molecule is CN=C(N)NC[C@]12C#C[C@@H]3CCC[C@@H]4C[C@@H](CCN4)Oc4cc(ccc4O)C[C@H]3[C@@H](OC(C)=O)C[C@@H](O)[C@H](CC[C@@H]1C)C2. The molecular weight excluding hydrogens is 544 g/mol. The standard InChI is InChI=1S/C34H50N4O5/c1-21-7-9-25-19-34(21,20-38-33(35)36-3)13-11-24-5-4-6-26-17-27(12-14-37-26)43-32-16-23(8-10-29(32)40)15-28(24)31(18-30(25)41)42-22(2)39/h8,10,16,21,24-28,30-31,37,40-41H,4-7,9,12,14-15,17-20H2,1-3H3,(H3,35,36,38)/t21-,24-,25+,26+,27+,28+,30+,31-,34+/m0/s1. The van der Waals surface area contributed by atoms with E-state index < -0.39 is 12.2 Å². The van der Waals surface area contributed by atoms with Crippen molar-refractivity contribution >= 4 is 11.9 Å². The van der Waals surface area contributed by atoms with E-state index in [4.69, 9.17) is 15.2 Å². The fraction of sp³-hybridized carbons (Fsp3) is 0.706. The molecule has 2 aliphatic carbocycles. The summed E-state index contributed by atoms with van der Waals surface area (Å²) in [6, 6.07) is 5.88. The monoisotopic (exact) mass is 594 g/mol. The van der Waals surface area contributed by atoms with Crippen molar-refractivity contribution in [1.82, 2.24) is 10.6 Å². The van der Waals surface area contributed by atoms with Crippen molar-refractivity contribution in [3.8, 4) is 23.3 Å². The Morgan fingerprint density at radius 2 is 2.09 bits per heavy atom. The molecule has 0 amide bonds. The first-order valence-corrected chi connectivity index (χ1v) is 16.2. The Morgan fingerprint density at radius 1 is 1.26 bits per heavy atom. The van der Waals surface area contributed by atoms with Gasteiger partial charge >= 0.3 is 5.97 Å². The first-order valence-electron chi connectivity index (χ1n) is 16.2. The summed E-state index contributed by atoms with van der Waals surface area (Å²) in [4.78, 5) is 16.6. The quantitative estimate of drug-likeness (QED) is 0.155. The number of hydrogen-bond acceptors (Lipinski definition) is 7. The van der Waals surface area contributed by atoms with Crippen molar-refractivity contribution in [3.05, 3.63) is 23.8 Å². The van der Waals surface area contributed by atoms with Crippen LogP contribution in [0.3, 0.4) is 0 Å². The maximum Gasteiger partial charge on any atom is 0.302 e. The van der Waals surface area contributed by atoms with Crippen LogP contribution >= 0.6 is 0 Å². The Balaban J connectivity index is 1.59. The molecule has 2 fully saturated rings. The van der Waals surface area contributed by atoms with Gasteiger partial charge in [0.15, 0.2) is 17.5 Å². The number of piperidine rings is 1. The minimum Gasteiger partial charge on any atom is -0.504 e. The zero-order chi connectivity index (χ0) is 30.6. The number of nitrogens with two attached hydrogens (primary N) is 1. The molecule has 6 bridgehead atoms.